The Hall–Kier alpha value is -1.30. The maximum atomic E-state index is 13.1. The van der Waals surface area contributed by atoms with E-state index in [4.69, 9.17) is 4.74 Å². The van der Waals surface area contributed by atoms with Crippen molar-refractivity contribution < 1.29 is 9.53 Å². The van der Waals surface area contributed by atoms with Crippen LogP contribution in [0.4, 0.5) is 5.69 Å². The van der Waals surface area contributed by atoms with Crippen LogP contribution >= 0.6 is 23.1 Å². The van der Waals surface area contributed by atoms with Gasteiger partial charge in [-0.2, -0.15) is 0 Å². The van der Waals surface area contributed by atoms with Crippen LogP contribution in [0, 0.1) is 0 Å². The van der Waals surface area contributed by atoms with E-state index in [2.05, 4.69) is 11.4 Å². The Morgan fingerprint density at radius 3 is 2.68 bits per heavy atom. The van der Waals surface area contributed by atoms with E-state index in [1.165, 1.54) is 0 Å². The van der Waals surface area contributed by atoms with E-state index >= 15 is 0 Å². The number of para-hydroxylation sites is 1. The Labute approximate surface area is 139 Å². The molecule has 5 heteroatoms. The molecule has 1 fully saturated rings. The van der Waals surface area contributed by atoms with Gasteiger partial charge in [0, 0.05) is 23.0 Å². The molecule has 22 heavy (non-hydrogen) atoms. The fourth-order valence-corrected chi connectivity index (χ4v) is 4.38. The minimum absolute atomic E-state index is 0.0831. The molecule has 1 N–H and O–H groups in total. The van der Waals surface area contributed by atoms with Crippen LogP contribution in [0.25, 0.3) is 0 Å². The lowest BCUT2D eigenvalue weighted by molar-refractivity contribution is -0.125. The molecule has 0 atom stereocenters. The van der Waals surface area contributed by atoms with E-state index in [0.29, 0.717) is 13.2 Å². The second kappa shape index (κ2) is 6.86. The first kappa shape index (κ1) is 15.6. The molecule has 0 radical (unpaired) electrons. The Morgan fingerprint density at radius 1 is 1.23 bits per heavy atom. The molecule has 0 bridgehead atoms. The SMILES string of the molecule is CSc1ccccc1NC(=O)C1(c2cccs2)CCOCC1. The average Bonchev–Trinajstić information content (AvgIpc) is 3.11. The Kier molecular flexibility index (Phi) is 4.86. The van der Waals surface area contributed by atoms with Crippen molar-refractivity contribution in [3.8, 4) is 0 Å². The number of amides is 1. The number of thioether (sulfide) groups is 1. The lowest BCUT2D eigenvalue weighted by atomic mass is 9.78. The molecule has 0 spiro atoms. The Morgan fingerprint density at radius 2 is 2.00 bits per heavy atom. The number of nitrogens with one attached hydrogen (secondary N) is 1. The minimum atomic E-state index is -0.460. The van der Waals surface area contributed by atoms with Gasteiger partial charge in [0.1, 0.15) is 0 Å². The molecule has 0 unspecified atom stereocenters. The summed E-state index contributed by atoms with van der Waals surface area (Å²) in [7, 11) is 0. The van der Waals surface area contributed by atoms with Crippen LogP contribution in [-0.2, 0) is 14.9 Å². The highest BCUT2D eigenvalue weighted by atomic mass is 32.2. The zero-order valence-corrected chi connectivity index (χ0v) is 14.1. The van der Waals surface area contributed by atoms with E-state index in [0.717, 1.165) is 28.3 Å². The van der Waals surface area contributed by atoms with Crippen molar-refractivity contribution in [3.63, 3.8) is 0 Å². The normalized spacial score (nSPS) is 17.1. The number of anilines is 1. The summed E-state index contributed by atoms with van der Waals surface area (Å²) in [4.78, 5) is 15.3. The number of ether oxygens (including phenoxy) is 1. The van der Waals surface area contributed by atoms with Crippen molar-refractivity contribution in [2.24, 2.45) is 0 Å². The molecule has 2 aromatic rings. The van der Waals surface area contributed by atoms with Crippen molar-refractivity contribution in [3.05, 3.63) is 46.7 Å². The standard InChI is InChI=1S/C17H19NO2S2/c1-21-14-6-3-2-5-13(14)18-16(19)17(8-10-20-11-9-17)15-7-4-12-22-15/h2-7,12H,8-11H2,1H3,(H,18,19). The summed E-state index contributed by atoms with van der Waals surface area (Å²) in [6.45, 7) is 1.27. The van der Waals surface area contributed by atoms with E-state index < -0.39 is 5.41 Å². The first-order chi connectivity index (χ1) is 10.8. The van der Waals surface area contributed by atoms with Crippen LogP contribution in [0.15, 0.2) is 46.7 Å². The zero-order valence-electron chi connectivity index (χ0n) is 12.5. The van der Waals surface area contributed by atoms with Gasteiger partial charge in [-0.05, 0) is 42.7 Å². The second-order valence-corrected chi connectivity index (χ2v) is 7.12. The molecule has 3 nitrogen and oxygen atoms in total. The van der Waals surface area contributed by atoms with Gasteiger partial charge in [0.05, 0.1) is 11.1 Å². The number of rotatable bonds is 4. The largest absolute Gasteiger partial charge is 0.381 e. The van der Waals surface area contributed by atoms with Crippen molar-refractivity contribution >= 4 is 34.7 Å². The third-order valence-corrected chi connectivity index (χ3v) is 6.00. The smallest absolute Gasteiger partial charge is 0.236 e. The molecule has 1 amide bonds. The average molecular weight is 333 g/mol. The summed E-state index contributed by atoms with van der Waals surface area (Å²) in [5.74, 6) is 0.0831. The van der Waals surface area contributed by atoms with Crippen molar-refractivity contribution in [2.75, 3.05) is 24.8 Å². The van der Waals surface area contributed by atoms with E-state index in [-0.39, 0.29) is 5.91 Å². The van der Waals surface area contributed by atoms with Crippen LogP contribution in [0.1, 0.15) is 17.7 Å². The van der Waals surface area contributed by atoms with Gasteiger partial charge in [-0.1, -0.05) is 18.2 Å². The van der Waals surface area contributed by atoms with E-state index in [1.54, 1.807) is 23.1 Å². The van der Waals surface area contributed by atoms with Gasteiger partial charge in [-0.25, -0.2) is 0 Å². The van der Waals surface area contributed by atoms with Gasteiger partial charge >= 0.3 is 0 Å². The first-order valence-electron chi connectivity index (χ1n) is 7.32. The van der Waals surface area contributed by atoms with Crippen molar-refractivity contribution in [1.82, 2.24) is 0 Å². The minimum Gasteiger partial charge on any atom is -0.381 e. The maximum Gasteiger partial charge on any atom is 0.236 e. The van der Waals surface area contributed by atoms with Crippen LogP contribution in [0.3, 0.4) is 0 Å². The van der Waals surface area contributed by atoms with Gasteiger partial charge < -0.3 is 10.1 Å². The number of hydrogen-bond acceptors (Lipinski definition) is 4. The highest BCUT2D eigenvalue weighted by Gasteiger charge is 2.42. The summed E-state index contributed by atoms with van der Waals surface area (Å²) < 4.78 is 5.49. The summed E-state index contributed by atoms with van der Waals surface area (Å²) in [6, 6.07) is 12.0. The van der Waals surface area contributed by atoms with Gasteiger partial charge in [-0.3, -0.25) is 4.79 Å². The van der Waals surface area contributed by atoms with Crippen molar-refractivity contribution in [2.45, 2.75) is 23.2 Å². The predicted octanol–water partition coefficient (Wildman–Crippen LogP) is 4.16. The quantitative estimate of drug-likeness (QED) is 0.854. The highest BCUT2D eigenvalue weighted by Crippen LogP contribution is 2.39. The number of benzene rings is 1. The third kappa shape index (κ3) is 2.93. The predicted molar refractivity (Wildman–Crippen MR) is 92.9 cm³/mol. The topological polar surface area (TPSA) is 38.3 Å². The van der Waals surface area contributed by atoms with Crippen LogP contribution < -0.4 is 5.32 Å². The molecule has 2 heterocycles. The number of carbonyl (C=O) groups excluding carboxylic acids is 1. The Bertz CT molecular complexity index is 634. The molecule has 0 saturated carbocycles. The van der Waals surface area contributed by atoms with Crippen LogP contribution in [-0.4, -0.2) is 25.4 Å². The molecule has 3 rings (SSSR count). The summed E-state index contributed by atoms with van der Waals surface area (Å²) >= 11 is 3.30. The van der Waals surface area contributed by atoms with Crippen molar-refractivity contribution in [1.29, 1.82) is 0 Å². The lowest BCUT2D eigenvalue weighted by Gasteiger charge is -2.35. The molecule has 116 valence electrons. The van der Waals surface area contributed by atoms with Gasteiger partial charge in [-0.15, -0.1) is 23.1 Å². The summed E-state index contributed by atoms with van der Waals surface area (Å²) in [6.07, 6.45) is 3.50. The zero-order chi connectivity index (χ0) is 15.4. The first-order valence-corrected chi connectivity index (χ1v) is 9.43. The van der Waals surface area contributed by atoms with Gasteiger partial charge in [0.15, 0.2) is 0 Å². The van der Waals surface area contributed by atoms with Crippen LogP contribution in [0.2, 0.25) is 0 Å². The van der Waals surface area contributed by atoms with E-state index in [1.807, 2.05) is 42.0 Å². The molecular formula is C17H19NO2S2. The monoisotopic (exact) mass is 333 g/mol. The van der Waals surface area contributed by atoms with Gasteiger partial charge in [0.2, 0.25) is 5.91 Å². The summed E-state index contributed by atoms with van der Waals surface area (Å²) in [5.41, 5.74) is 0.431. The molecule has 1 aliphatic heterocycles. The van der Waals surface area contributed by atoms with Gasteiger partial charge in [0.25, 0.3) is 0 Å². The maximum absolute atomic E-state index is 13.1. The molecule has 1 aromatic heterocycles. The fraction of sp³-hybridized carbons (Fsp3) is 0.353. The van der Waals surface area contributed by atoms with Crippen LogP contribution in [0.5, 0.6) is 0 Å². The molecule has 1 aromatic carbocycles. The Balaban J connectivity index is 1.90. The second-order valence-electron chi connectivity index (χ2n) is 5.33. The van der Waals surface area contributed by atoms with E-state index in [9.17, 15) is 4.79 Å². The number of hydrogen-bond donors (Lipinski definition) is 1. The third-order valence-electron chi connectivity index (χ3n) is 4.13. The summed E-state index contributed by atoms with van der Waals surface area (Å²) in [5, 5.41) is 5.19. The molecular weight excluding hydrogens is 314 g/mol. The molecule has 0 aliphatic carbocycles. The number of carbonyl (C=O) groups is 1. The fourth-order valence-electron chi connectivity index (χ4n) is 2.85. The number of thiophene rings is 1. The molecule has 1 saturated heterocycles. The lowest BCUT2D eigenvalue weighted by Crippen LogP contribution is -2.44. The molecule has 1 aliphatic rings. The highest BCUT2D eigenvalue weighted by molar-refractivity contribution is 7.98.